The summed E-state index contributed by atoms with van der Waals surface area (Å²) in [6.45, 7) is 16.0. The summed E-state index contributed by atoms with van der Waals surface area (Å²) in [6, 6.07) is 6.82. The second-order valence-electron chi connectivity index (χ2n) is 7.80. The minimum Gasteiger partial charge on any atom is -0.393 e. The number of hydrogen-bond donors (Lipinski definition) is 1. The van der Waals surface area contributed by atoms with Crippen LogP contribution in [0.2, 0.25) is 6.82 Å². The zero-order valence-corrected chi connectivity index (χ0v) is 16.7. The summed E-state index contributed by atoms with van der Waals surface area (Å²) in [5.74, 6) is 0.512. The van der Waals surface area contributed by atoms with Crippen LogP contribution in [0.3, 0.4) is 0 Å². The Morgan fingerprint density at radius 1 is 1.16 bits per heavy atom. The van der Waals surface area contributed by atoms with E-state index in [2.05, 4.69) is 57.3 Å². The maximum Gasteiger partial charge on any atom is 0.168 e. The molecule has 1 heterocycles. The molecule has 1 aliphatic rings. The molecule has 0 spiro atoms. The normalized spacial score (nSPS) is 16.4. The first-order valence-electron chi connectivity index (χ1n) is 10.3. The summed E-state index contributed by atoms with van der Waals surface area (Å²) in [6.07, 6.45) is 11.0. The molecular weight excluding hydrogens is 301 g/mol. The van der Waals surface area contributed by atoms with E-state index < -0.39 is 0 Å². The fourth-order valence-corrected chi connectivity index (χ4v) is 3.93. The van der Waals surface area contributed by atoms with Crippen LogP contribution in [-0.4, -0.2) is 12.7 Å². The number of benzene rings is 1. The Hall–Kier alpha value is -1.44. The Morgan fingerprint density at radius 3 is 2.64 bits per heavy atom. The molecule has 1 unspecified atom stereocenters. The third-order valence-corrected chi connectivity index (χ3v) is 5.71. The second-order valence-corrected chi connectivity index (χ2v) is 7.80. The van der Waals surface area contributed by atoms with Gasteiger partial charge in [-0.25, -0.2) is 0 Å². The zero-order chi connectivity index (χ0) is 18.2. The Kier molecular flexibility index (Phi) is 7.87. The molecule has 0 aliphatic carbocycles. The van der Waals surface area contributed by atoms with E-state index in [0.29, 0.717) is 12.7 Å². The molecule has 0 amide bonds. The van der Waals surface area contributed by atoms with Crippen LogP contribution in [-0.2, 0) is 12.7 Å². The summed E-state index contributed by atoms with van der Waals surface area (Å²) in [5.41, 5.74) is 6.98. The van der Waals surface area contributed by atoms with Gasteiger partial charge in [0.1, 0.15) is 0 Å². The molecule has 1 nitrogen and oxygen atoms in total. The van der Waals surface area contributed by atoms with Crippen molar-refractivity contribution >= 4 is 12.3 Å². The van der Waals surface area contributed by atoms with Crippen LogP contribution < -0.4 is 5.32 Å². The van der Waals surface area contributed by atoms with Gasteiger partial charge in [0.2, 0.25) is 0 Å². The Balaban J connectivity index is 2.03. The molecule has 1 aromatic carbocycles. The standard InChI is InChI=1S/C23H36BN/c1-6-8-9-10-11-13-18(3)21-15-12-14-20-16-23(25-19(4)7-2)24(5)17-22(20)21/h12,14-15,23,25H,3-4,6-11,13,16-17H2,1-2,5H3. The summed E-state index contributed by atoms with van der Waals surface area (Å²) in [7, 11) is 0. The van der Waals surface area contributed by atoms with Crippen molar-refractivity contribution in [3.8, 4) is 0 Å². The van der Waals surface area contributed by atoms with Crippen LogP contribution >= 0.6 is 0 Å². The lowest BCUT2D eigenvalue weighted by Gasteiger charge is -2.32. The third kappa shape index (κ3) is 5.52. The van der Waals surface area contributed by atoms with E-state index in [1.807, 2.05) is 0 Å². The molecule has 0 saturated heterocycles. The first-order valence-corrected chi connectivity index (χ1v) is 10.3. The van der Waals surface area contributed by atoms with Gasteiger partial charge in [-0.1, -0.05) is 77.7 Å². The minimum absolute atomic E-state index is 0.512. The van der Waals surface area contributed by atoms with E-state index in [1.165, 1.54) is 48.8 Å². The molecule has 1 aliphatic heterocycles. The van der Waals surface area contributed by atoms with Crippen molar-refractivity contribution in [3.05, 3.63) is 53.7 Å². The second kappa shape index (κ2) is 9.90. The molecule has 2 heteroatoms. The van der Waals surface area contributed by atoms with E-state index in [4.69, 9.17) is 0 Å². The molecule has 0 fully saturated rings. The highest BCUT2D eigenvalue weighted by Crippen LogP contribution is 2.30. The van der Waals surface area contributed by atoms with E-state index in [-0.39, 0.29) is 0 Å². The highest BCUT2D eigenvalue weighted by Gasteiger charge is 2.29. The largest absolute Gasteiger partial charge is 0.393 e. The van der Waals surface area contributed by atoms with Crippen molar-refractivity contribution in [1.82, 2.24) is 5.32 Å². The maximum atomic E-state index is 4.43. The molecule has 1 aromatic rings. The van der Waals surface area contributed by atoms with Gasteiger partial charge < -0.3 is 5.32 Å². The SMILES string of the molecule is C=C(CC)NC1Cc2cccc(C(=C)CCCCCCC)c2CB1C. The van der Waals surface area contributed by atoms with Gasteiger partial charge in [0.15, 0.2) is 6.71 Å². The van der Waals surface area contributed by atoms with Crippen molar-refractivity contribution in [3.63, 3.8) is 0 Å². The Morgan fingerprint density at radius 2 is 1.92 bits per heavy atom. The predicted octanol–water partition coefficient (Wildman–Crippen LogP) is 6.24. The zero-order valence-electron chi connectivity index (χ0n) is 16.7. The monoisotopic (exact) mass is 337 g/mol. The molecule has 2 rings (SSSR count). The van der Waals surface area contributed by atoms with Crippen LogP contribution in [0.4, 0.5) is 0 Å². The minimum atomic E-state index is 0.512. The average molecular weight is 337 g/mol. The van der Waals surface area contributed by atoms with Gasteiger partial charge in [-0.2, -0.15) is 0 Å². The summed E-state index contributed by atoms with van der Waals surface area (Å²) >= 11 is 0. The van der Waals surface area contributed by atoms with Gasteiger partial charge >= 0.3 is 0 Å². The summed E-state index contributed by atoms with van der Waals surface area (Å²) in [5, 5.41) is 3.64. The van der Waals surface area contributed by atoms with Gasteiger partial charge in [0.05, 0.1) is 0 Å². The van der Waals surface area contributed by atoms with Crippen molar-refractivity contribution in [2.24, 2.45) is 0 Å². The number of allylic oxidation sites excluding steroid dienone is 2. The molecule has 25 heavy (non-hydrogen) atoms. The van der Waals surface area contributed by atoms with Gasteiger partial charge in [0, 0.05) is 11.6 Å². The van der Waals surface area contributed by atoms with Gasteiger partial charge in [-0.05, 0) is 54.3 Å². The Bertz CT molecular complexity index is 590. The smallest absolute Gasteiger partial charge is 0.168 e. The first-order chi connectivity index (χ1) is 12.1. The fraction of sp³-hybridized carbons (Fsp3) is 0.565. The molecule has 1 N–H and O–H groups in total. The quantitative estimate of drug-likeness (QED) is 0.393. The van der Waals surface area contributed by atoms with Crippen molar-refractivity contribution in [1.29, 1.82) is 0 Å². The molecule has 0 saturated carbocycles. The van der Waals surface area contributed by atoms with E-state index >= 15 is 0 Å². The average Bonchev–Trinajstić information content (AvgIpc) is 2.61. The fourth-order valence-electron chi connectivity index (χ4n) is 3.93. The number of fused-ring (bicyclic) bond motifs is 1. The van der Waals surface area contributed by atoms with Crippen LogP contribution in [0.5, 0.6) is 0 Å². The predicted molar refractivity (Wildman–Crippen MR) is 114 cm³/mol. The lowest BCUT2D eigenvalue weighted by molar-refractivity contribution is 0.640. The lowest BCUT2D eigenvalue weighted by Crippen LogP contribution is -2.46. The van der Waals surface area contributed by atoms with Gasteiger partial charge in [-0.15, -0.1) is 0 Å². The number of unbranched alkanes of at least 4 members (excludes halogenated alkanes) is 4. The van der Waals surface area contributed by atoms with Crippen LogP contribution in [0.1, 0.15) is 75.5 Å². The summed E-state index contributed by atoms with van der Waals surface area (Å²) < 4.78 is 0. The van der Waals surface area contributed by atoms with E-state index in [1.54, 1.807) is 5.56 Å². The highest BCUT2D eigenvalue weighted by molar-refractivity contribution is 6.59. The first kappa shape index (κ1) is 19.9. The van der Waals surface area contributed by atoms with Gasteiger partial charge in [-0.3, -0.25) is 0 Å². The van der Waals surface area contributed by atoms with Crippen molar-refractivity contribution in [2.45, 2.75) is 84.3 Å². The molecule has 1 atom stereocenters. The van der Waals surface area contributed by atoms with Crippen LogP contribution in [0.25, 0.3) is 5.57 Å². The molecule has 0 bridgehead atoms. The molecule has 0 aromatic heterocycles. The highest BCUT2D eigenvalue weighted by atomic mass is 14.9. The summed E-state index contributed by atoms with van der Waals surface area (Å²) in [4.78, 5) is 0. The van der Waals surface area contributed by atoms with E-state index in [0.717, 1.165) is 31.3 Å². The lowest BCUT2D eigenvalue weighted by atomic mass is 9.39. The third-order valence-electron chi connectivity index (χ3n) is 5.71. The van der Waals surface area contributed by atoms with E-state index in [9.17, 15) is 0 Å². The number of nitrogens with one attached hydrogen (secondary N) is 1. The number of hydrogen-bond acceptors (Lipinski definition) is 1. The van der Waals surface area contributed by atoms with Crippen LogP contribution in [0.15, 0.2) is 37.1 Å². The van der Waals surface area contributed by atoms with Crippen LogP contribution in [0, 0.1) is 0 Å². The molecule has 0 radical (unpaired) electrons. The Labute approximate surface area is 156 Å². The maximum absolute atomic E-state index is 4.43. The topological polar surface area (TPSA) is 12.0 Å². The molecule has 136 valence electrons. The number of rotatable bonds is 10. The van der Waals surface area contributed by atoms with Crippen molar-refractivity contribution in [2.75, 3.05) is 0 Å². The van der Waals surface area contributed by atoms with Gasteiger partial charge in [0.25, 0.3) is 0 Å². The van der Waals surface area contributed by atoms with Crippen molar-refractivity contribution < 1.29 is 0 Å². The molecular formula is C23H36BN.